The Balaban J connectivity index is 2.00. The van der Waals surface area contributed by atoms with Gasteiger partial charge >= 0.3 is 5.97 Å². The molecule has 0 fully saturated rings. The Hall–Kier alpha value is -1.39. The zero-order valence-corrected chi connectivity index (χ0v) is 12.4. The van der Waals surface area contributed by atoms with Crippen LogP contribution in [-0.2, 0) is 16.0 Å². The van der Waals surface area contributed by atoms with Crippen LogP contribution in [0, 0.1) is 5.92 Å². The van der Waals surface area contributed by atoms with Gasteiger partial charge in [0.05, 0.1) is 12.5 Å². The molecule has 1 rings (SSSR count). The van der Waals surface area contributed by atoms with Gasteiger partial charge < -0.3 is 14.7 Å². The van der Waals surface area contributed by atoms with Crippen molar-refractivity contribution in [2.45, 2.75) is 19.8 Å². The molecule has 1 N–H and O–H groups in total. The first kappa shape index (κ1) is 16.7. The molecule has 4 heteroatoms. The largest absolute Gasteiger partial charge is 0.481 e. The minimum Gasteiger partial charge on any atom is -0.481 e. The van der Waals surface area contributed by atoms with E-state index in [1.54, 1.807) is 6.92 Å². The molecule has 0 amide bonds. The number of carboxylic acids is 1. The topological polar surface area (TPSA) is 49.8 Å². The van der Waals surface area contributed by atoms with E-state index in [0.29, 0.717) is 6.54 Å². The number of ether oxygens (including phenoxy) is 1. The molecule has 1 aromatic rings. The van der Waals surface area contributed by atoms with E-state index >= 15 is 0 Å². The molecule has 0 heterocycles. The molecule has 1 aromatic carbocycles. The van der Waals surface area contributed by atoms with E-state index in [2.05, 4.69) is 12.1 Å². The highest BCUT2D eigenvalue weighted by atomic mass is 16.5. The number of hydrogen-bond donors (Lipinski definition) is 1. The van der Waals surface area contributed by atoms with Crippen molar-refractivity contribution in [3.63, 3.8) is 0 Å². The molecule has 112 valence electrons. The van der Waals surface area contributed by atoms with Crippen LogP contribution in [0.3, 0.4) is 0 Å². The van der Waals surface area contributed by atoms with Gasteiger partial charge in [0.1, 0.15) is 0 Å². The number of hydrogen-bond acceptors (Lipinski definition) is 3. The van der Waals surface area contributed by atoms with Crippen LogP contribution in [0.15, 0.2) is 30.3 Å². The monoisotopic (exact) mass is 279 g/mol. The summed E-state index contributed by atoms with van der Waals surface area (Å²) >= 11 is 0. The van der Waals surface area contributed by atoms with E-state index in [0.717, 1.165) is 32.6 Å². The van der Waals surface area contributed by atoms with E-state index in [4.69, 9.17) is 9.84 Å². The predicted octanol–water partition coefficient (Wildman–Crippen LogP) is 2.29. The number of rotatable bonds is 10. The molecule has 0 bridgehead atoms. The lowest BCUT2D eigenvalue weighted by molar-refractivity contribution is -0.141. The van der Waals surface area contributed by atoms with E-state index < -0.39 is 5.97 Å². The van der Waals surface area contributed by atoms with Crippen molar-refractivity contribution in [3.05, 3.63) is 35.9 Å². The van der Waals surface area contributed by atoms with Crippen molar-refractivity contribution in [1.29, 1.82) is 0 Å². The van der Waals surface area contributed by atoms with Gasteiger partial charge in [0.25, 0.3) is 0 Å². The first-order valence-electron chi connectivity index (χ1n) is 7.12. The summed E-state index contributed by atoms with van der Waals surface area (Å²) in [5.74, 6) is -1.06. The maximum absolute atomic E-state index is 10.7. The zero-order chi connectivity index (χ0) is 14.8. The van der Waals surface area contributed by atoms with Gasteiger partial charge in [-0.25, -0.2) is 0 Å². The van der Waals surface area contributed by atoms with Crippen molar-refractivity contribution < 1.29 is 14.6 Å². The molecule has 4 nitrogen and oxygen atoms in total. The smallest absolute Gasteiger partial charge is 0.307 e. The maximum Gasteiger partial charge on any atom is 0.307 e. The lowest BCUT2D eigenvalue weighted by atomic mass is 10.2. The Kier molecular flexibility index (Phi) is 7.92. The SMILES string of the molecule is CC(CN(C)CCCOCCc1ccccc1)C(=O)O. The minimum absolute atomic E-state index is 0.320. The van der Waals surface area contributed by atoms with E-state index in [9.17, 15) is 4.79 Å². The maximum atomic E-state index is 10.7. The predicted molar refractivity (Wildman–Crippen MR) is 79.9 cm³/mol. The molecule has 0 saturated heterocycles. The summed E-state index contributed by atoms with van der Waals surface area (Å²) in [6.45, 7) is 4.63. The molecular weight excluding hydrogens is 254 g/mol. The van der Waals surface area contributed by atoms with Crippen molar-refractivity contribution in [2.24, 2.45) is 5.92 Å². The third kappa shape index (κ3) is 7.26. The summed E-state index contributed by atoms with van der Waals surface area (Å²) in [7, 11) is 1.95. The molecule has 0 spiro atoms. The Morgan fingerprint density at radius 1 is 1.30 bits per heavy atom. The third-order valence-corrected chi connectivity index (χ3v) is 3.21. The fourth-order valence-corrected chi connectivity index (χ4v) is 2.01. The van der Waals surface area contributed by atoms with Crippen LogP contribution >= 0.6 is 0 Å². The van der Waals surface area contributed by atoms with Crippen molar-refractivity contribution in [1.82, 2.24) is 4.90 Å². The summed E-state index contributed by atoms with van der Waals surface area (Å²) in [5, 5.41) is 8.83. The number of benzene rings is 1. The van der Waals surface area contributed by atoms with Crippen molar-refractivity contribution in [3.8, 4) is 0 Å². The zero-order valence-electron chi connectivity index (χ0n) is 12.4. The van der Waals surface area contributed by atoms with Crippen LogP contribution in [0.25, 0.3) is 0 Å². The van der Waals surface area contributed by atoms with Gasteiger partial charge in [-0.05, 0) is 25.5 Å². The van der Waals surface area contributed by atoms with Crippen molar-refractivity contribution >= 4 is 5.97 Å². The molecule has 20 heavy (non-hydrogen) atoms. The van der Waals surface area contributed by atoms with E-state index in [-0.39, 0.29) is 5.92 Å². The molecule has 0 aliphatic rings. The van der Waals surface area contributed by atoms with Gasteiger partial charge in [0.15, 0.2) is 0 Å². The van der Waals surface area contributed by atoms with Gasteiger partial charge in [-0.1, -0.05) is 37.3 Å². The van der Waals surface area contributed by atoms with Crippen LogP contribution in [0.1, 0.15) is 18.9 Å². The summed E-state index contributed by atoms with van der Waals surface area (Å²) < 4.78 is 5.60. The molecule has 0 aliphatic heterocycles. The van der Waals surface area contributed by atoms with Gasteiger partial charge in [-0.15, -0.1) is 0 Å². The highest BCUT2D eigenvalue weighted by molar-refractivity contribution is 5.69. The summed E-state index contributed by atoms with van der Waals surface area (Å²) in [6.07, 6.45) is 1.87. The fraction of sp³-hybridized carbons (Fsp3) is 0.562. The van der Waals surface area contributed by atoms with E-state index in [1.807, 2.05) is 30.1 Å². The Morgan fingerprint density at radius 2 is 2.00 bits per heavy atom. The molecule has 0 aliphatic carbocycles. The highest BCUT2D eigenvalue weighted by Gasteiger charge is 2.12. The number of nitrogens with zero attached hydrogens (tertiary/aromatic N) is 1. The molecule has 0 aromatic heterocycles. The van der Waals surface area contributed by atoms with Gasteiger partial charge in [-0.3, -0.25) is 4.79 Å². The average molecular weight is 279 g/mol. The second kappa shape index (κ2) is 9.50. The quantitative estimate of drug-likeness (QED) is 0.668. The number of aliphatic carboxylic acids is 1. The van der Waals surface area contributed by atoms with Crippen LogP contribution in [0.2, 0.25) is 0 Å². The first-order chi connectivity index (χ1) is 9.59. The molecular formula is C16H25NO3. The van der Waals surface area contributed by atoms with Crippen LogP contribution in [0.5, 0.6) is 0 Å². The standard InChI is InChI=1S/C16H25NO3/c1-14(16(18)19)13-17(2)10-6-11-20-12-9-15-7-4-3-5-8-15/h3-5,7-8,14H,6,9-13H2,1-2H3,(H,18,19). The normalized spacial score (nSPS) is 12.6. The fourth-order valence-electron chi connectivity index (χ4n) is 2.01. The molecule has 1 atom stereocenters. The number of carboxylic acid groups (broad SMARTS) is 1. The van der Waals surface area contributed by atoms with Crippen LogP contribution in [-0.4, -0.2) is 49.3 Å². The van der Waals surface area contributed by atoms with Crippen LogP contribution < -0.4 is 0 Å². The first-order valence-corrected chi connectivity index (χ1v) is 7.12. The Labute approximate surface area is 121 Å². The lowest BCUT2D eigenvalue weighted by Crippen LogP contribution is -2.29. The van der Waals surface area contributed by atoms with Gasteiger partial charge in [0, 0.05) is 19.7 Å². The average Bonchev–Trinajstić information content (AvgIpc) is 2.43. The Morgan fingerprint density at radius 3 is 2.65 bits per heavy atom. The molecule has 1 unspecified atom stereocenters. The minimum atomic E-state index is -0.740. The third-order valence-electron chi connectivity index (χ3n) is 3.21. The second-order valence-electron chi connectivity index (χ2n) is 5.20. The van der Waals surface area contributed by atoms with Gasteiger partial charge in [0.2, 0.25) is 0 Å². The molecule has 0 radical (unpaired) electrons. The van der Waals surface area contributed by atoms with Crippen molar-refractivity contribution in [2.75, 3.05) is 33.4 Å². The molecule has 0 saturated carbocycles. The lowest BCUT2D eigenvalue weighted by Gasteiger charge is -2.18. The summed E-state index contributed by atoms with van der Waals surface area (Å²) in [5.41, 5.74) is 1.29. The highest BCUT2D eigenvalue weighted by Crippen LogP contribution is 2.01. The Bertz CT molecular complexity index is 381. The van der Waals surface area contributed by atoms with Crippen LogP contribution in [0.4, 0.5) is 0 Å². The van der Waals surface area contributed by atoms with Gasteiger partial charge in [-0.2, -0.15) is 0 Å². The second-order valence-corrected chi connectivity index (χ2v) is 5.20. The summed E-state index contributed by atoms with van der Waals surface area (Å²) in [6, 6.07) is 10.3. The number of carbonyl (C=O) groups is 1. The summed E-state index contributed by atoms with van der Waals surface area (Å²) in [4.78, 5) is 12.8. The van der Waals surface area contributed by atoms with E-state index in [1.165, 1.54) is 5.56 Å².